The summed E-state index contributed by atoms with van der Waals surface area (Å²) < 4.78 is 43.7. The third-order valence-corrected chi connectivity index (χ3v) is 7.93. The molecule has 0 aromatic rings. The molecule has 244 valence electrons. The average Bonchev–Trinajstić information content (AvgIpc) is 2.96. The van der Waals surface area contributed by atoms with E-state index in [1.165, 1.54) is 0 Å². The molecule has 0 heterocycles. The van der Waals surface area contributed by atoms with Crippen LogP contribution in [-0.2, 0) is 46.9 Å². The first-order valence-corrected chi connectivity index (χ1v) is 16.9. The number of amides is 2. The number of carbonyl (C=O) groups is 3. The van der Waals surface area contributed by atoms with Crippen molar-refractivity contribution >= 4 is 37.7 Å². The second-order valence-corrected chi connectivity index (χ2v) is 11.6. The largest absolute Gasteiger partial charge is 0.466 e. The number of urea groups is 1. The Morgan fingerprint density at radius 2 is 1.34 bits per heavy atom. The van der Waals surface area contributed by atoms with E-state index in [4.69, 9.17) is 43.0 Å². The van der Waals surface area contributed by atoms with Gasteiger partial charge in [-0.05, 0) is 25.8 Å². The predicted molar refractivity (Wildman–Crippen MR) is 159 cm³/mol. The number of primary amides is 1. The van der Waals surface area contributed by atoms with Crippen molar-refractivity contribution in [1.82, 2.24) is 9.88 Å². The van der Waals surface area contributed by atoms with Crippen molar-refractivity contribution in [3.8, 4) is 0 Å². The highest BCUT2D eigenvalue weighted by Gasteiger charge is 2.30. The van der Waals surface area contributed by atoms with Gasteiger partial charge in [0.1, 0.15) is 6.04 Å². The minimum absolute atomic E-state index is 0.0248. The van der Waals surface area contributed by atoms with Crippen LogP contribution < -0.4 is 11.1 Å². The fraction of sp³-hybridized carbons (Fsp3) is 0.880. The molecular weight excluding hydrogens is 574 g/mol. The van der Waals surface area contributed by atoms with Crippen LogP contribution in [0, 0.1) is 0 Å². The van der Waals surface area contributed by atoms with Gasteiger partial charge in [0.25, 0.3) is 0 Å². The molecule has 0 aliphatic carbocycles. The molecule has 41 heavy (non-hydrogen) atoms. The third kappa shape index (κ3) is 24.7. The van der Waals surface area contributed by atoms with Crippen LogP contribution in [0.5, 0.6) is 0 Å². The van der Waals surface area contributed by atoms with Gasteiger partial charge in [0, 0.05) is 34.6 Å². The summed E-state index contributed by atoms with van der Waals surface area (Å²) >= 11 is 0. The van der Waals surface area contributed by atoms with Crippen molar-refractivity contribution in [1.29, 1.82) is 0 Å². The second kappa shape index (κ2) is 29.8. The number of nitrogens with two attached hydrogens (primary N) is 1. The van der Waals surface area contributed by atoms with Crippen LogP contribution in [0.2, 0.25) is 0 Å². The highest BCUT2D eigenvalue weighted by molar-refractivity contribution is 6.27. The lowest BCUT2D eigenvalue weighted by molar-refractivity contribution is -0.155. The minimum Gasteiger partial charge on any atom is -0.466 e. The van der Waals surface area contributed by atoms with Gasteiger partial charge in [-0.1, -0.05) is 33.6 Å². The maximum absolute atomic E-state index is 12.7. The highest BCUT2D eigenvalue weighted by Crippen LogP contribution is 2.10. The van der Waals surface area contributed by atoms with Crippen molar-refractivity contribution in [2.24, 2.45) is 5.73 Å². The molecular formula is C25H55N3O11Si2. The summed E-state index contributed by atoms with van der Waals surface area (Å²) in [5.74, 6) is -0.770. The first kappa shape index (κ1) is 41.5. The lowest BCUT2D eigenvalue weighted by atomic mass is 10.2. The van der Waals surface area contributed by atoms with Crippen molar-refractivity contribution in [3.05, 3.63) is 0 Å². The van der Waals surface area contributed by atoms with E-state index in [0.717, 1.165) is 32.1 Å². The normalized spacial score (nSPS) is 12.3. The second-order valence-electron chi connectivity index (χ2n) is 8.80. The Morgan fingerprint density at radius 3 is 1.83 bits per heavy atom. The van der Waals surface area contributed by atoms with E-state index in [-0.39, 0.29) is 31.3 Å². The SMILES string of the molecule is CCCCOC(=O)CC(C(=O)OCCCC)N(CCC)[SiH2]OCC(OC)OC.COC(CO[SiH2]CNC(N)=O)OC. The zero-order chi connectivity index (χ0) is 31.3. The molecule has 0 bridgehead atoms. The van der Waals surface area contributed by atoms with E-state index in [0.29, 0.717) is 32.5 Å². The molecule has 16 heteroatoms. The number of hydrogen-bond donors (Lipinski definition) is 2. The van der Waals surface area contributed by atoms with Gasteiger partial charge in [0.05, 0.1) is 32.8 Å². The van der Waals surface area contributed by atoms with Crippen LogP contribution in [0.15, 0.2) is 0 Å². The third-order valence-electron chi connectivity index (χ3n) is 5.45. The van der Waals surface area contributed by atoms with Crippen molar-refractivity contribution in [2.75, 3.05) is 67.6 Å². The van der Waals surface area contributed by atoms with E-state index < -0.39 is 38.1 Å². The molecule has 0 aliphatic heterocycles. The molecule has 1 unspecified atom stereocenters. The average molecular weight is 630 g/mol. The van der Waals surface area contributed by atoms with Crippen LogP contribution >= 0.6 is 0 Å². The lowest BCUT2D eigenvalue weighted by Gasteiger charge is -2.29. The van der Waals surface area contributed by atoms with Crippen LogP contribution in [0.4, 0.5) is 4.79 Å². The quantitative estimate of drug-likeness (QED) is 0.0607. The Bertz CT molecular complexity index is 646. The first-order chi connectivity index (χ1) is 19.7. The number of nitrogens with zero attached hydrogens (tertiary/aromatic N) is 1. The maximum atomic E-state index is 12.7. The smallest absolute Gasteiger partial charge is 0.323 e. The molecule has 1 atom stereocenters. The number of esters is 2. The summed E-state index contributed by atoms with van der Waals surface area (Å²) in [6, 6.07) is -1.20. The van der Waals surface area contributed by atoms with Crippen molar-refractivity contribution < 1.29 is 51.7 Å². The number of methoxy groups -OCH3 is 4. The van der Waals surface area contributed by atoms with Gasteiger partial charge in [-0.2, -0.15) is 0 Å². The van der Waals surface area contributed by atoms with Crippen LogP contribution in [0.1, 0.15) is 59.3 Å². The molecule has 3 N–H and O–H groups in total. The minimum atomic E-state index is -1.27. The number of ether oxygens (including phenoxy) is 6. The summed E-state index contributed by atoms with van der Waals surface area (Å²) in [7, 11) is 4.14. The fourth-order valence-electron chi connectivity index (χ4n) is 3.08. The summed E-state index contributed by atoms with van der Waals surface area (Å²) in [6.07, 6.45) is 4.03. The summed E-state index contributed by atoms with van der Waals surface area (Å²) in [6.45, 7) is 8.12. The van der Waals surface area contributed by atoms with Gasteiger partial charge in [-0.15, -0.1) is 0 Å². The van der Waals surface area contributed by atoms with Crippen molar-refractivity contribution in [2.45, 2.75) is 77.9 Å². The summed E-state index contributed by atoms with van der Waals surface area (Å²) in [4.78, 5) is 35.1. The van der Waals surface area contributed by atoms with E-state index in [1.54, 1.807) is 28.4 Å². The molecule has 0 aromatic carbocycles. The molecule has 0 saturated carbocycles. The molecule has 0 rings (SSSR count). The summed E-state index contributed by atoms with van der Waals surface area (Å²) in [5, 5.41) is 2.45. The van der Waals surface area contributed by atoms with Gasteiger partial charge in [0.15, 0.2) is 22.3 Å². The number of unbranched alkanes of at least 4 members (excludes halogenated alkanes) is 2. The predicted octanol–water partition coefficient (Wildman–Crippen LogP) is 0.110. The number of nitrogens with one attached hydrogen (secondary N) is 1. The molecule has 0 radical (unpaired) electrons. The number of hydrogen-bond acceptors (Lipinski definition) is 12. The number of carbonyl (C=O) groups excluding carboxylic acids is 3. The van der Waals surface area contributed by atoms with Crippen LogP contribution in [0.3, 0.4) is 0 Å². The van der Waals surface area contributed by atoms with E-state index in [1.807, 2.05) is 25.3 Å². The van der Waals surface area contributed by atoms with Crippen LogP contribution in [0.25, 0.3) is 0 Å². The molecule has 0 fully saturated rings. The van der Waals surface area contributed by atoms with Crippen molar-refractivity contribution in [3.63, 3.8) is 0 Å². The zero-order valence-corrected chi connectivity index (χ0v) is 29.0. The Morgan fingerprint density at radius 1 is 0.805 bits per heavy atom. The number of rotatable bonds is 25. The highest BCUT2D eigenvalue weighted by atomic mass is 28.2. The van der Waals surface area contributed by atoms with E-state index in [2.05, 4.69) is 5.32 Å². The summed E-state index contributed by atoms with van der Waals surface area (Å²) in [5.41, 5.74) is 4.85. The fourth-order valence-corrected chi connectivity index (χ4v) is 5.36. The Balaban J connectivity index is 0. The van der Waals surface area contributed by atoms with Gasteiger partial charge < -0.3 is 48.3 Å². The molecule has 2 amide bonds. The zero-order valence-electron chi connectivity index (χ0n) is 26.1. The molecule has 0 aliphatic rings. The molecule has 0 saturated heterocycles. The first-order valence-electron chi connectivity index (χ1n) is 14.1. The lowest BCUT2D eigenvalue weighted by Crippen LogP contribution is -2.47. The van der Waals surface area contributed by atoms with Gasteiger partial charge in [-0.25, -0.2) is 4.79 Å². The van der Waals surface area contributed by atoms with Crippen LogP contribution in [-0.4, -0.2) is 128 Å². The van der Waals surface area contributed by atoms with Gasteiger partial charge in [-0.3, -0.25) is 14.2 Å². The Kier molecular flexibility index (Phi) is 30.2. The van der Waals surface area contributed by atoms with Gasteiger partial charge >= 0.3 is 18.0 Å². The van der Waals surface area contributed by atoms with Gasteiger partial charge in [0.2, 0.25) is 9.92 Å². The maximum Gasteiger partial charge on any atom is 0.323 e. The molecule has 14 nitrogen and oxygen atoms in total. The standard InChI is InChI=1S/C19H39NO7Si.C6H16N2O4Si/c1-6-9-12-25-17(21)14-16(19(22)26-13-10-7-2)20(11-8-3)28-27-15-18(23-4)24-5;1-10-5(11-2)3-12-13-4-8-6(7)9/h16,18H,6-15,28H2,1-5H3;5H,3-4,13H2,1-2H3,(H3,7,8,9). The van der Waals surface area contributed by atoms with E-state index in [9.17, 15) is 14.4 Å². The Hall–Kier alpha value is -1.64. The molecule has 0 spiro atoms. The van der Waals surface area contributed by atoms with E-state index >= 15 is 0 Å². The Labute approximate surface area is 250 Å². The topological polar surface area (TPSA) is 166 Å². The molecule has 0 aromatic heterocycles. The monoisotopic (exact) mass is 629 g/mol.